The molecule has 15 heavy (non-hydrogen) atoms. The number of hydrogen-bond acceptors (Lipinski definition) is 3. The van der Waals surface area contributed by atoms with Gasteiger partial charge in [-0.3, -0.25) is 10.1 Å². The number of nitro groups is 1. The molecule has 2 rings (SSSR count). The van der Waals surface area contributed by atoms with E-state index in [2.05, 4.69) is 0 Å². The van der Waals surface area contributed by atoms with Crippen LogP contribution in [0.25, 0.3) is 0 Å². The Labute approximate surface area is 87.1 Å². The van der Waals surface area contributed by atoms with Gasteiger partial charge in [0, 0.05) is 11.1 Å². The van der Waals surface area contributed by atoms with Gasteiger partial charge in [-0.1, -0.05) is 18.2 Å². The van der Waals surface area contributed by atoms with Crippen LogP contribution in [0.15, 0.2) is 18.2 Å². The van der Waals surface area contributed by atoms with E-state index in [1.807, 2.05) is 0 Å². The number of benzene rings is 1. The summed E-state index contributed by atoms with van der Waals surface area (Å²) in [7, 11) is 0. The molecule has 0 amide bonds. The molecule has 1 aliphatic carbocycles. The minimum Gasteiger partial charge on any atom is -0.302 e. The lowest BCUT2D eigenvalue weighted by Gasteiger charge is -2.09. The first kappa shape index (κ1) is 9.83. The molecule has 1 aromatic carbocycles. The molecule has 1 fully saturated rings. The summed E-state index contributed by atoms with van der Waals surface area (Å²) < 4.78 is 0. The standard InChI is InChI=1S/C11H11NO3/c1-8-3-2-4-9(10(8)12(14)15)11(7-13)5-6-11/h2-4,7H,5-6H2,1H3. The van der Waals surface area contributed by atoms with Crippen molar-refractivity contribution < 1.29 is 9.72 Å². The molecule has 1 aromatic rings. The first-order chi connectivity index (χ1) is 7.10. The van der Waals surface area contributed by atoms with Gasteiger partial charge in [0.05, 0.1) is 10.3 Å². The highest BCUT2D eigenvalue weighted by Gasteiger charge is 2.48. The topological polar surface area (TPSA) is 60.2 Å². The van der Waals surface area contributed by atoms with Crippen molar-refractivity contribution in [3.8, 4) is 0 Å². The van der Waals surface area contributed by atoms with Crippen molar-refractivity contribution >= 4 is 12.0 Å². The van der Waals surface area contributed by atoms with Gasteiger partial charge in [-0.15, -0.1) is 0 Å². The Balaban J connectivity index is 2.61. The second kappa shape index (κ2) is 3.15. The van der Waals surface area contributed by atoms with Gasteiger partial charge in [-0.2, -0.15) is 0 Å². The molecule has 0 saturated heterocycles. The van der Waals surface area contributed by atoms with Crippen LogP contribution in [-0.4, -0.2) is 11.2 Å². The molecule has 0 heterocycles. The number of hydrogen-bond donors (Lipinski definition) is 0. The van der Waals surface area contributed by atoms with Crippen molar-refractivity contribution in [1.29, 1.82) is 0 Å². The number of carbonyl (C=O) groups excluding carboxylic acids is 1. The van der Waals surface area contributed by atoms with E-state index in [0.29, 0.717) is 11.1 Å². The highest BCUT2D eigenvalue weighted by Crippen LogP contribution is 2.49. The molecular formula is C11H11NO3. The van der Waals surface area contributed by atoms with Crippen LogP contribution in [0.2, 0.25) is 0 Å². The number of nitrogens with zero attached hydrogens (tertiary/aromatic N) is 1. The predicted molar refractivity (Wildman–Crippen MR) is 54.8 cm³/mol. The molecule has 0 radical (unpaired) electrons. The maximum atomic E-state index is 11.0. The predicted octanol–water partition coefficient (Wildman–Crippen LogP) is 2.13. The van der Waals surface area contributed by atoms with Crippen molar-refractivity contribution in [2.75, 3.05) is 0 Å². The van der Waals surface area contributed by atoms with E-state index in [-0.39, 0.29) is 5.69 Å². The zero-order valence-corrected chi connectivity index (χ0v) is 8.40. The number of aldehydes is 1. The second-order valence-corrected chi connectivity index (χ2v) is 4.00. The van der Waals surface area contributed by atoms with E-state index in [4.69, 9.17) is 0 Å². The van der Waals surface area contributed by atoms with E-state index >= 15 is 0 Å². The summed E-state index contributed by atoms with van der Waals surface area (Å²) in [6.07, 6.45) is 2.29. The van der Waals surface area contributed by atoms with Gasteiger partial charge in [-0.05, 0) is 19.8 Å². The molecule has 0 aliphatic heterocycles. The first-order valence-electron chi connectivity index (χ1n) is 4.81. The summed E-state index contributed by atoms with van der Waals surface area (Å²) in [5.41, 5.74) is 0.712. The third kappa shape index (κ3) is 1.42. The van der Waals surface area contributed by atoms with E-state index < -0.39 is 10.3 Å². The van der Waals surface area contributed by atoms with Crippen LogP contribution in [0.5, 0.6) is 0 Å². The molecule has 1 saturated carbocycles. The average Bonchev–Trinajstić information content (AvgIpc) is 2.97. The van der Waals surface area contributed by atoms with Gasteiger partial charge in [0.1, 0.15) is 6.29 Å². The zero-order valence-electron chi connectivity index (χ0n) is 8.40. The highest BCUT2D eigenvalue weighted by molar-refractivity contribution is 5.76. The lowest BCUT2D eigenvalue weighted by molar-refractivity contribution is -0.386. The summed E-state index contributed by atoms with van der Waals surface area (Å²) in [5, 5.41) is 10.9. The normalized spacial score (nSPS) is 17.1. The largest absolute Gasteiger partial charge is 0.302 e. The second-order valence-electron chi connectivity index (χ2n) is 4.00. The van der Waals surface area contributed by atoms with Crippen LogP contribution in [0, 0.1) is 17.0 Å². The Morgan fingerprint density at radius 3 is 2.60 bits per heavy atom. The minimum absolute atomic E-state index is 0.0992. The molecule has 1 aliphatic rings. The summed E-state index contributed by atoms with van der Waals surface area (Å²) in [5.74, 6) is 0. The Hall–Kier alpha value is -1.71. The molecule has 0 unspecified atom stereocenters. The van der Waals surface area contributed by atoms with E-state index in [1.54, 1.807) is 25.1 Å². The van der Waals surface area contributed by atoms with Crippen molar-refractivity contribution in [3.05, 3.63) is 39.4 Å². The number of rotatable bonds is 3. The van der Waals surface area contributed by atoms with Crippen molar-refractivity contribution in [1.82, 2.24) is 0 Å². The number of nitro benzene ring substituents is 1. The smallest absolute Gasteiger partial charge is 0.276 e. The maximum absolute atomic E-state index is 11.0. The van der Waals surface area contributed by atoms with Crippen molar-refractivity contribution in [2.24, 2.45) is 0 Å². The molecule has 0 spiro atoms. The van der Waals surface area contributed by atoms with Gasteiger partial charge < -0.3 is 4.79 Å². The van der Waals surface area contributed by atoms with Crippen LogP contribution in [0.1, 0.15) is 24.0 Å². The van der Waals surface area contributed by atoms with E-state index in [1.165, 1.54) is 0 Å². The highest BCUT2D eigenvalue weighted by atomic mass is 16.6. The molecule has 0 N–H and O–H groups in total. The molecule has 4 nitrogen and oxygen atoms in total. The van der Waals surface area contributed by atoms with Crippen LogP contribution in [0.3, 0.4) is 0 Å². The number of para-hydroxylation sites is 1. The van der Waals surface area contributed by atoms with Crippen LogP contribution >= 0.6 is 0 Å². The Morgan fingerprint density at radius 1 is 1.47 bits per heavy atom. The Morgan fingerprint density at radius 2 is 2.13 bits per heavy atom. The summed E-state index contributed by atoms with van der Waals surface area (Å²) in [6, 6.07) is 5.15. The summed E-state index contributed by atoms with van der Waals surface area (Å²) >= 11 is 0. The molecular weight excluding hydrogens is 194 g/mol. The van der Waals surface area contributed by atoms with E-state index in [9.17, 15) is 14.9 Å². The third-order valence-corrected chi connectivity index (χ3v) is 2.97. The summed E-state index contributed by atoms with van der Waals surface area (Å²) in [4.78, 5) is 21.5. The number of aryl methyl sites for hydroxylation is 1. The maximum Gasteiger partial charge on any atom is 0.276 e. The zero-order chi connectivity index (χ0) is 11.1. The fraction of sp³-hybridized carbons (Fsp3) is 0.364. The Kier molecular flexibility index (Phi) is 2.07. The van der Waals surface area contributed by atoms with E-state index in [0.717, 1.165) is 19.1 Å². The quantitative estimate of drug-likeness (QED) is 0.431. The molecule has 4 heteroatoms. The van der Waals surface area contributed by atoms with Crippen molar-refractivity contribution in [2.45, 2.75) is 25.2 Å². The van der Waals surface area contributed by atoms with Gasteiger partial charge in [0.15, 0.2) is 0 Å². The van der Waals surface area contributed by atoms with Crippen LogP contribution in [-0.2, 0) is 10.2 Å². The minimum atomic E-state index is -0.575. The van der Waals surface area contributed by atoms with Gasteiger partial charge >= 0.3 is 0 Å². The molecule has 0 aromatic heterocycles. The number of carbonyl (C=O) groups is 1. The molecule has 0 bridgehead atoms. The van der Waals surface area contributed by atoms with Gasteiger partial charge in [-0.25, -0.2) is 0 Å². The van der Waals surface area contributed by atoms with Gasteiger partial charge in [0.25, 0.3) is 5.69 Å². The fourth-order valence-corrected chi connectivity index (χ4v) is 1.89. The lowest BCUT2D eigenvalue weighted by Crippen LogP contribution is -2.11. The first-order valence-corrected chi connectivity index (χ1v) is 4.81. The molecule has 78 valence electrons. The SMILES string of the molecule is Cc1cccc(C2(C=O)CC2)c1[N+](=O)[O-]. The fourth-order valence-electron chi connectivity index (χ4n) is 1.89. The molecule has 0 atom stereocenters. The van der Waals surface area contributed by atoms with Crippen molar-refractivity contribution in [3.63, 3.8) is 0 Å². The average molecular weight is 205 g/mol. The van der Waals surface area contributed by atoms with Gasteiger partial charge in [0.2, 0.25) is 0 Å². The van der Waals surface area contributed by atoms with Crippen LogP contribution in [0.4, 0.5) is 5.69 Å². The Bertz CT molecular complexity index is 435. The van der Waals surface area contributed by atoms with Crippen LogP contribution < -0.4 is 0 Å². The monoisotopic (exact) mass is 205 g/mol. The lowest BCUT2D eigenvalue weighted by atomic mass is 9.94. The third-order valence-electron chi connectivity index (χ3n) is 2.97. The summed E-state index contributed by atoms with van der Waals surface area (Å²) in [6.45, 7) is 1.70.